The highest BCUT2D eigenvalue weighted by atomic mass is 79.9. The minimum absolute atomic E-state index is 0.0563. The summed E-state index contributed by atoms with van der Waals surface area (Å²) in [4.78, 5) is 23.1. The lowest BCUT2D eigenvalue weighted by molar-refractivity contribution is -0.384. The highest BCUT2D eigenvalue weighted by Gasteiger charge is 2.17. The van der Waals surface area contributed by atoms with E-state index in [1.54, 1.807) is 12.1 Å². The van der Waals surface area contributed by atoms with Crippen LogP contribution in [0, 0.1) is 21.4 Å². The number of methoxy groups -OCH3 is 1. The molecule has 8 heteroatoms. The lowest BCUT2D eigenvalue weighted by Gasteiger charge is -2.14. The molecule has 0 saturated heterocycles. The molecule has 0 radical (unpaired) electrons. The van der Waals surface area contributed by atoms with E-state index in [1.807, 2.05) is 36.4 Å². The lowest BCUT2D eigenvalue weighted by atomic mass is 10.0. The summed E-state index contributed by atoms with van der Waals surface area (Å²) in [5.41, 5.74) is 1.17. The number of benzene rings is 3. The van der Waals surface area contributed by atoms with E-state index < -0.39 is 10.7 Å². The van der Waals surface area contributed by atoms with Crippen LogP contribution < -0.4 is 9.47 Å². The summed E-state index contributed by atoms with van der Waals surface area (Å²) >= 11 is 3.45. The number of nitrogens with zero attached hydrogens (tertiary/aromatic N) is 2. The SMILES string of the molecule is COc1cc(/C=C(\C#N)C(=O)c2cccc([N+](=O)[O-])c2)cc(Br)c1OCc1ccccc1. The van der Waals surface area contributed by atoms with Crippen molar-refractivity contribution in [3.05, 3.63) is 104 Å². The van der Waals surface area contributed by atoms with Crippen LogP contribution in [0.25, 0.3) is 6.08 Å². The number of non-ortho nitro benzene ring substituents is 1. The Kier molecular flexibility index (Phi) is 7.37. The summed E-state index contributed by atoms with van der Waals surface area (Å²) in [6.45, 7) is 0.333. The van der Waals surface area contributed by atoms with Crippen molar-refractivity contribution in [2.75, 3.05) is 7.11 Å². The maximum Gasteiger partial charge on any atom is 0.270 e. The number of Topliss-reactive ketones (excluding diaryl/α,β-unsaturated/α-hetero) is 1. The van der Waals surface area contributed by atoms with Crippen LogP contribution in [0.4, 0.5) is 5.69 Å². The molecule has 0 amide bonds. The number of nitro groups is 1. The lowest BCUT2D eigenvalue weighted by Crippen LogP contribution is -2.03. The number of ether oxygens (including phenoxy) is 2. The molecule has 0 fully saturated rings. The Morgan fingerprint density at radius 1 is 1.16 bits per heavy atom. The minimum atomic E-state index is -0.615. The summed E-state index contributed by atoms with van der Waals surface area (Å²) < 4.78 is 11.9. The van der Waals surface area contributed by atoms with Gasteiger partial charge in [-0.05, 0) is 45.3 Å². The molecule has 32 heavy (non-hydrogen) atoms. The molecule has 3 aromatic rings. The molecule has 0 aliphatic rings. The molecule has 0 aromatic heterocycles. The normalized spacial score (nSPS) is 10.8. The molecule has 0 bridgehead atoms. The molecule has 0 aliphatic carbocycles. The van der Waals surface area contributed by atoms with Crippen LogP contribution in [0.15, 0.2) is 76.8 Å². The van der Waals surface area contributed by atoms with E-state index in [-0.39, 0.29) is 16.8 Å². The molecule has 0 saturated carbocycles. The Balaban J connectivity index is 1.90. The van der Waals surface area contributed by atoms with Gasteiger partial charge in [0, 0.05) is 17.7 Å². The monoisotopic (exact) mass is 492 g/mol. The minimum Gasteiger partial charge on any atom is -0.493 e. The van der Waals surface area contributed by atoms with Crippen molar-refractivity contribution < 1.29 is 19.2 Å². The first-order valence-electron chi connectivity index (χ1n) is 9.38. The van der Waals surface area contributed by atoms with Gasteiger partial charge in [-0.1, -0.05) is 42.5 Å². The number of carbonyl (C=O) groups is 1. The molecule has 0 atom stereocenters. The van der Waals surface area contributed by atoms with E-state index in [9.17, 15) is 20.2 Å². The van der Waals surface area contributed by atoms with E-state index in [2.05, 4.69) is 15.9 Å². The van der Waals surface area contributed by atoms with Crippen molar-refractivity contribution in [2.24, 2.45) is 0 Å². The zero-order valence-electron chi connectivity index (χ0n) is 16.9. The molecule has 0 spiro atoms. The zero-order valence-corrected chi connectivity index (χ0v) is 18.5. The molecular formula is C24H17BrN2O5. The van der Waals surface area contributed by atoms with Gasteiger partial charge in [0.15, 0.2) is 11.5 Å². The van der Waals surface area contributed by atoms with Crippen LogP contribution in [0.2, 0.25) is 0 Å². The number of rotatable bonds is 8. The molecule has 3 aromatic carbocycles. The molecule has 160 valence electrons. The summed E-state index contributed by atoms with van der Waals surface area (Å²) in [5.74, 6) is 0.286. The van der Waals surface area contributed by atoms with Crippen LogP contribution in [0.5, 0.6) is 11.5 Å². The van der Waals surface area contributed by atoms with Crippen molar-refractivity contribution in [1.82, 2.24) is 0 Å². The van der Waals surface area contributed by atoms with Crippen molar-refractivity contribution in [3.63, 3.8) is 0 Å². The fourth-order valence-electron chi connectivity index (χ4n) is 2.92. The largest absolute Gasteiger partial charge is 0.493 e. The maximum absolute atomic E-state index is 12.7. The van der Waals surface area contributed by atoms with Crippen LogP contribution in [0.3, 0.4) is 0 Å². The van der Waals surface area contributed by atoms with Crippen LogP contribution >= 0.6 is 15.9 Å². The smallest absolute Gasteiger partial charge is 0.270 e. The first-order chi connectivity index (χ1) is 15.4. The number of allylic oxidation sites excluding steroid dienone is 1. The van der Waals surface area contributed by atoms with E-state index in [4.69, 9.17) is 9.47 Å². The van der Waals surface area contributed by atoms with E-state index in [0.29, 0.717) is 28.1 Å². The average molecular weight is 493 g/mol. The van der Waals surface area contributed by atoms with Crippen LogP contribution in [-0.4, -0.2) is 17.8 Å². The second-order valence-electron chi connectivity index (χ2n) is 6.61. The highest BCUT2D eigenvalue weighted by molar-refractivity contribution is 9.10. The van der Waals surface area contributed by atoms with Gasteiger partial charge in [0.05, 0.1) is 16.5 Å². The fourth-order valence-corrected chi connectivity index (χ4v) is 3.50. The van der Waals surface area contributed by atoms with Gasteiger partial charge in [-0.3, -0.25) is 14.9 Å². The Labute approximate surface area is 192 Å². The summed E-state index contributed by atoms with van der Waals surface area (Å²) in [5, 5.41) is 20.5. The van der Waals surface area contributed by atoms with Gasteiger partial charge in [-0.25, -0.2) is 0 Å². The van der Waals surface area contributed by atoms with Gasteiger partial charge in [0.2, 0.25) is 5.78 Å². The van der Waals surface area contributed by atoms with Crippen LogP contribution in [0.1, 0.15) is 21.5 Å². The number of hydrogen-bond acceptors (Lipinski definition) is 6. The predicted octanol–water partition coefficient (Wildman–Crippen LogP) is 5.73. The molecular weight excluding hydrogens is 476 g/mol. The van der Waals surface area contributed by atoms with E-state index in [1.165, 1.54) is 31.4 Å². The summed E-state index contributed by atoms with van der Waals surface area (Å²) in [7, 11) is 1.49. The van der Waals surface area contributed by atoms with Gasteiger partial charge in [0.25, 0.3) is 5.69 Å². The molecule has 0 N–H and O–H groups in total. The second kappa shape index (κ2) is 10.4. The first kappa shape index (κ1) is 22.7. The third-order valence-corrected chi connectivity index (χ3v) is 5.06. The van der Waals surface area contributed by atoms with E-state index >= 15 is 0 Å². The topological polar surface area (TPSA) is 102 Å². The van der Waals surface area contributed by atoms with Crippen molar-refractivity contribution in [3.8, 4) is 17.6 Å². The van der Waals surface area contributed by atoms with Crippen molar-refractivity contribution >= 4 is 33.5 Å². The number of halogens is 1. The second-order valence-corrected chi connectivity index (χ2v) is 7.47. The predicted molar refractivity (Wildman–Crippen MR) is 122 cm³/mol. The number of nitriles is 1. The van der Waals surface area contributed by atoms with Gasteiger partial charge < -0.3 is 9.47 Å². The Morgan fingerprint density at radius 2 is 1.91 bits per heavy atom. The Hall–Kier alpha value is -3.96. The average Bonchev–Trinajstić information content (AvgIpc) is 2.81. The van der Waals surface area contributed by atoms with Gasteiger partial charge >= 0.3 is 0 Å². The summed E-state index contributed by atoms with van der Waals surface area (Å²) in [6.07, 6.45) is 1.40. The quantitative estimate of drug-likeness (QED) is 0.131. The molecule has 0 heterocycles. The first-order valence-corrected chi connectivity index (χ1v) is 10.2. The Morgan fingerprint density at radius 3 is 2.56 bits per heavy atom. The number of nitro benzene ring substituents is 1. The highest BCUT2D eigenvalue weighted by Crippen LogP contribution is 2.38. The maximum atomic E-state index is 12.7. The Bertz CT molecular complexity index is 1230. The van der Waals surface area contributed by atoms with E-state index in [0.717, 1.165) is 11.6 Å². The number of hydrogen-bond donors (Lipinski definition) is 0. The van der Waals surface area contributed by atoms with Crippen molar-refractivity contribution in [2.45, 2.75) is 6.61 Å². The zero-order chi connectivity index (χ0) is 23.1. The standard InChI is InChI=1S/C24H17BrN2O5/c1-31-22-12-17(11-21(25)24(22)32-15-16-6-3-2-4-7-16)10-19(14-26)23(28)18-8-5-9-20(13-18)27(29)30/h2-13H,15H2,1H3/b19-10+. The molecule has 0 unspecified atom stereocenters. The number of ketones is 1. The molecule has 7 nitrogen and oxygen atoms in total. The van der Waals surface area contributed by atoms with Crippen molar-refractivity contribution in [1.29, 1.82) is 5.26 Å². The molecule has 0 aliphatic heterocycles. The van der Waals surface area contributed by atoms with Crippen LogP contribution in [-0.2, 0) is 6.61 Å². The number of carbonyl (C=O) groups excluding carboxylic acids is 1. The summed E-state index contributed by atoms with van der Waals surface area (Å²) in [6, 6.07) is 20.1. The third-order valence-electron chi connectivity index (χ3n) is 4.47. The van der Waals surface area contributed by atoms with Gasteiger partial charge in [-0.15, -0.1) is 0 Å². The third kappa shape index (κ3) is 5.39. The van der Waals surface area contributed by atoms with Gasteiger partial charge in [-0.2, -0.15) is 5.26 Å². The molecule has 3 rings (SSSR count). The van der Waals surface area contributed by atoms with Gasteiger partial charge in [0.1, 0.15) is 18.2 Å². The fraction of sp³-hybridized carbons (Fsp3) is 0.0833.